The van der Waals surface area contributed by atoms with Crippen LogP contribution in [0, 0.1) is 11.3 Å². The minimum Gasteiger partial charge on any atom is -0.358 e. The first kappa shape index (κ1) is 11.6. The molecule has 0 aliphatic rings. The number of carbonyl (C=O) groups is 1. The van der Waals surface area contributed by atoms with Gasteiger partial charge in [-0.1, -0.05) is 12.1 Å². The standard InChI is InChI=1S/C11H12N2OS/c1-13-11(14)8-15-7-10-4-2-3-9(5-10)6-12/h2-5H,7-8H2,1H3,(H,13,14). The van der Waals surface area contributed by atoms with Crippen LogP contribution < -0.4 is 5.32 Å². The molecule has 0 heterocycles. The molecule has 0 atom stereocenters. The van der Waals surface area contributed by atoms with Crippen molar-refractivity contribution in [3.63, 3.8) is 0 Å². The van der Waals surface area contributed by atoms with Gasteiger partial charge in [0.2, 0.25) is 5.91 Å². The van der Waals surface area contributed by atoms with Crippen LogP contribution in [0.25, 0.3) is 0 Å². The smallest absolute Gasteiger partial charge is 0.229 e. The lowest BCUT2D eigenvalue weighted by molar-refractivity contribution is -0.118. The number of nitrogens with one attached hydrogen (secondary N) is 1. The highest BCUT2D eigenvalue weighted by molar-refractivity contribution is 7.99. The van der Waals surface area contributed by atoms with Gasteiger partial charge in [0.15, 0.2) is 0 Å². The fraction of sp³-hybridized carbons (Fsp3) is 0.273. The van der Waals surface area contributed by atoms with Crippen molar-refractivity contribution >= 4 is 17.7 Å². The van der Waals surface area contributed by atoms with E-state index in [1.54, 1.807) is 13.1 Å². The van der Waals surface area contributed by atoms with E-state index in [9.17, 15) is 4.79 Å². The number of amides is 1. The minimum absolute atomic E-state index is 0.0245. The van der Waals surface area contributed by atoms with Crippen molar-refractivity contribution in [3.8, 4) is 6.07 Å². The summed E-state index contributed by atoms with van der Waals surface area (Å²) in [6, 6.07) is 9.52. The number of hydrogen-bond acceptors (Lipinski definition) is 3. The Morgan fingerprint density at radius 1 is 1.60 bits per heavy atom. The number of nitriles is 1. The highest BCUT2D eigenvalue weighted by Crippen LogP contribution is 2.13. The van der Waals surface area contributed by atoms with Crippen LogP contribution in [0.1, 0.15) is 11.1 Å². The van der Waals surface area contributed by atoms with Gasteiger partial charge >= 0.3 is 0 Å². The van der Waals surface area contributed by atoms with Crippen molar-refractivity contribution in [2.75, 3.05) is 12.8 Å². The summed E-state index contributed by atoms with van der Waals surface area (Å²) in [5.41, 5.74) is 1.73. The number of hydrogen-bond donors (Lipinski definition) is 1. The third-order valence-electron chi connectivity index (χ3n) is 1.84. The number of carbonyl (C=O) groups excluding carboxylic acids is 1. The Hall–Kier alpha value is -1.47. The van der Waals surface area contributed by atoms with Crippen molar-refractivity contribution in [2.45, 2.75) is 5.75 Å². The molecule has 0 aliphatic heterocycles. The molecule has 1 aromatic rings. The van der Waals surface area contributed by atoms with Gasteiger partial charge in [-0.05, 0) is 17.7 Å². The van der Waals surface area contributed by atoms with Gasteiger partial charge in [0.05, 0.1) is 17.4 Å². The van der Waals surface area contributed by atoms with Crippen LogP contribution in [0.15, 0.2) is 24.3 Å². The van der Waals surface area contributed by atoms with Crippen molar-refractivity contribution in [1.29, 1.82) is 5.26 Å². The van der Waals surface area contributed by atoms with E-state index in [1.807, 2.05) is 18.2 Å². The molecule has 0 radical (unpaired) electrons. The fourth-order valence-corrected chi connectivity index (χ4v) is 1.91. The Labute approximate surface area is 93.5 Å². The summed E-state index contributed by atoms with van der Waals surface area (Å²) < 4.78 is 0. The molecule has 3 nitrogen and oxygen atoms in total. The molecule has 0 aromatic heterocycles. The van der Waals surface area contributed by atoms with Crippen LogP contribution in [0.5, 0.6) is 0 Å². The van der Waals surface area contributed by atoms with Crippen molar-refractivity contribution in [2.24, 2.45) is 0 Å². The minimum atomic E-state index is 0.0245. The second-order valence-corrected chi connectivity index (χ2v) is 3.96. The molecule has 0 bridgehead atoms. The van der Waals surface area contributed by atoms with Gasteiger partial charge in [-0.2, -0.15) is 5.26 Å². The van der Waals surface area contributed by atoms with E-state index in [4.69, 9.17) is 5.26 Å². The van der Waals surface area contributed by atoms with E-state index in [2.05, 4.69) is 11.4 Å². The summed E-state index contributed by atoms with van der Waals surface area (Å²) in [4.78, 5) is 10.9. The molecule has 78 valence electrons. The second-order valence-electron chi connectivity index (χ2n) is 2.98. The lowest BCUT2D eigenvalue weighted by Gasteiger charge is -2.01. The van der Waals surface area contributed by atoms with Gasteiger partial charge in [-0.15, -0.1) is 11.8 Å². The van der Waals surface area contributed by atoms with Crippen LogP contribution >= 0.6 is 11.8 Å². The largest absolute Gasteiger partial charge is 0.358 e. The van der Waals surface area contributed by atoms with Gasteiger partial charge in [-0.3, -0.25) is 4.79 Å². The topological polar surface area (TPSA) is 52.9 Å². The summed E-state index contributed by atoms with van der Waals surface area (Å²) in [6.07, 6.45) is 0. The fourth-order valence-electron chi connectivity index (χ4n) is 1.06. The molecule has 0 spiro atoms. The third kappa shape index (κ3) is 4.05. The molecule has 15 heavy (non-hydrogen) atoms. The molecule has 0 fully saturated rings. The second kappa shape index (κ2) is 6.10. The Bertz CT molecular complexity index is 384. The SMILES string of the molecule is CNC(=O)CSCc1cccc(C#N)c1. The molecule has 0 aliphatic carbocycles. The van der Waals surface area contributed by atoms with Crippen molar-refractivity contribution < 1.29 is 4.79 Å². The van der Waals surface area contributed by atoms with E-state index >= 15 is 0 Å². The van der Waals surface area contributed by atoms with Gasteiger partial charge in [0.1, 0.15) is 0 Å². The summed E-state index contributed by atoms with van der Waals surface area (Å²) >= 11 is 1.54. The van der Waals surface area contributed by atoms with Gasteiger partial charge in [0.25, 0.3) is 0 Å². The van der Waals surface area contributed by atoms with Crippen LogP contribution in [-0.4, -0.2) is 18.7 Å². The maximum atomic E-state index is 10.9. The molecule has 0 unspecified atom stereocenters. The predicted molar refractivity (Wildman–Crippen MR) is 61.4 cm³/mol. The van der Waals surface area contributed by atoms with E-state index < -0.39 is 0 Å². The van der Waals surface area contributed by atoms with E-state index in [0.717, 1.165) is 11.3 Å². The lowest BCUT2D eigenvalue weighted by Crippen LogP contribution is -2.19. The molecule has 1 N–H and O–H groups in total. The summed E-state index contributed by atoms with van der Waals surface area (Å²) in [7, 11) is 1.62. The predicted octanol–water partition coefficient (Wildman–Crippen LogP) is 1.54. The van der Waals surface area contributed by atoms with Crippen LogP contribution in [0.2, 0.25) is 0 Å². The lowest BCUT2D eigenvalue weighted by atomic mass is 10.2. The van der Waals surface area contributed by atoms with Gasteiger partial charge < -0.3 is 5.32 Å². The van der Waals surface area contributed by atoms with Crippen LogP contribution in [-0.2, 0) is 10.5 Å². The summed E-state index contributed by atoms with van der Waals surface area (Å²) in [6.45, 7) is 0. The quantitative estimate of drug-likeness (QED) is 0.837. The van der Waals surface area contributed by atoms with E-state index in [-0.39, 0.29) is 5.91 Å². The number of rotatable bonds is 4. The van der Waals surface area contributed by atoms with E-state index in [0.29, 0.717) is 11.3 Å². The first-order valence-electron chi connectivity index (χ1n) is 4.53. The van der Waals surface area contributed by atoms with Gasteiger partial charge in [0, 0.05) is 12.8 Å². The Morgan fingerprint density at radius 3 is 3.07 bits per heavy atom. The highest BCUT2D eigenvalue weighted by atomic mass is 32.2. The zero-order valence-corrected chi connectivity index (χ0v) is 9.30. The van der Waals surface area contributed by atoms with Gasteiger partial charge in [-0.25, -0.2) is 0 Å². The monoisotopic (exact) mass is 220 g/mol. The molecule has 1 amide bonds. The van der Waals surface area contributed by atoms with E-state index in [1.165, 1.54) is 11.8 Å². The highest BCUT2D eigenvalue weighted by Gasteiger charge is 1.99. The Kier molecular flexibility index (Phi) is 4.72. The molecule has 1 aromatic carbocycles. The third-order valence-corrected chi connectivity index (χ3v) is 2.84. The zero-order chi connectivity index (χ0) is 11.1. The average molecular weight is 220 g/mol. The first-order chi connectivity index (χ1) is 7.26. The average Bonchev–Trinajstić information content (AvgIpc) is 2.29. The van der Waals surface area contributed by atoms with Crippen molar-refractivity contribution in [3.05, 3.63) is 35.4 Å². The first-order valence-corrected chi connectivity index (χ1v) is 5.69. The molecular weight excluding hydrogens is 208 g/mol. The van der Waals surface area contributed by atoms with Crippen molar-refractivity contribution in [1.82, 2.24) is 5.32 Å². The molecule has 0 saturated heterocycles. The van der Waals surface area contributed by atoms with Crippen LogP contribution in [0.3, 0.4) is 0 Å². The van der Waals surface area contributed by atoms with Crippen LogP contribution in [0.4, 0.5) is 0 Å². The number of benzene rings is 1. The summed E-state index contributed by atoms with van der Waals surface area (Å²) in [5.74, 6) is 1.23. The molecular formula is C11H12N2OS. The molecule has 0 saturated carbocycles. The number of nitrogens with zero attached hydrogens (tertiary/aromatic N) is 1. The molecule has 4 heteroatoms. The maximum absolute atomic E-state index is 10.9. The maximum Gasteiger partial charge on any atom is 0.229 e. The Balaban J connectivity index is 2.44. The summed E-state index contributed by atoms with van der Waals surface area (Å²) in [5, 5.41) is 11.3. The molecule has 1 rings (SSSR count). The normalized spacial score (nSPS) is 9.33. The number of thioether (sulfide) groups is 1. The zero-order valence-electron chi connectivity index (χ0n) is 8.49. The Morgan fingerprint density at radius 2 is 2.40 bits per heavy atom.